The highest BCUT2D eigenvalue weighted by Crippen LogP contribution is 2.27. The van der Waals surface area contributed by atoms with E-state index in [-0.39, 0.29) is 23.1 Å². The summed E-state index contributed by atoms with van der Waals surface area (Å²) in [5.74, 6) is -0.0650. The van der Waals surface area contributed by atoms with Gasteiger partial charge in [0, 0.05) is 44.3 Å². The minimum Gasteiger partial charge on any atom is -0.508 e. The average molecular weight is 546 g/mol. The molecule has 2 heterocycles. The van der Waals surface area contributed by atoms with Crippen LogP contribution in [0.15, 0.2) is 89.0 Å². The molecule has 0 unspecified atom stereocenters. The zero-order valence-corrected chi connectivity index (χ0v) is 22.5. The number of amides is 1. The second-order valence-corrected chi connectivity index (χ2v) is 11.5. The number of phenolic OH excluding ortho intramolecular Hbond substituents is 1. The first-order valence-electron chi connectivity index (χ1n) is 12.8. The lowest BCUT2D eigenvalue weighted by Crippen LogP contribution is -2.48. The number of carbonyl (C=O) groups is 1. The average Bonchev–Trinajstić information content (AvgIpc) is 3.29. The third-order valence-corrected chi connectivity index (χ3v) is 8.53. The number of rotatable bonds is 8. The first kappa shape index (κ1) is 26.6. The van der Waals surface area contributed by atoms with Crippen LogP contribution in [0.4, 0.5) is 0 Å². The fourth-order valence-electron chi connectivity index (χ4n) is 4.74. The lowest BCUT2D eigenvalue weighted by Gasteiger charge is -2.34. The van der Waals surface area contributed by atoms with Crippen LogP contribution < -0.4 is 5.43 Å². The van der Waals surface area contributed by atoms with E-state index < -0.39 is 10.0 Å². The van der Waals surface area contributed by atoms with Gasteiger partial charge in [0.25, 0.3) is 15.9 Å². The Hall–Kier alpha value is -3.99. The monoisotopic (exact) mass is 545 g/mol. The number of aromatic hydroxyl groups is 1. The van der Waals surface area contributed by atoms with Gasteiger partial charge >= 0.3 is 0 Å². The van der Waals surface area contributed by atoms with Gasteiger partial charge in [0.05, 0.1) is 23.2 Å². The second-order valence-electron chi connectivity index (χ2n) is 9.73. The predicted molar refractivity (Wildman–Crippen MR) is 151 cm³/mol. The van der Waals surface area contributed by atoms with Gasteiger partial charge in [-0.2, -0.15) is 5.10 Å². The summed E-state index contributed by atoms with van der Waals surface area (Å²) in [5, 5.41) is 14.4. The van der Waals surface area contributed by atoms with E-state index in [2.05, 4.69) is 20.3 Å². The van der Waals surface area contributed by atoms with Crippen LogP contribution >= 0.6 is 0 Å². The van der Waals surface area contributed by atoms with Crippen molar-refractivity contribution in [3.05, 3.63) is 95.7 Å². The topological polar surface area (TPSA) is 107 Å². The second kappa shape index (κ2) is 11.4. The van der Waals surface area contributed by atoms with Crippen LogP contribution in [0.5, 0.6) is 5.75 Å². The van der Waals surface area contributed by atoms with E-state index in [1.165, 1.54) is 10.2 Å². The van der Waals surface area contributed by atoms with Crippen LogP contribution in [0.1, 0.15) is 16.7 Å². The summed E-state index contributed by atoms with van der Waals surface area (Å²) in [6.07, 6.45) is 3.23. The highest BCUT2D eigenvalue weighted by atomic mass is 32.2. The zero-order valence-electron chi connectivity index (χ0n) is 21.7. The van der Waals surface area contributed by atoms with Crippen molar-refractivity contribution in [1.82, 2.24) is 19.2 Å². The van der Waals surface area contributed by atoms with E-state index >= 15 is 0 Å². The summed E-state index contributed by atoms with van der Waals surface area (Å²) in [6.45, 7) is 5.71. The molecule has 1 saturated heterocycles. The van der Waals surface area contributed by atoms with Gasteiger partial charge in [-0.15, -0.1) is 0 Å². The Morgan fingerprint density at radius 2 is 1.69 bits per heavy atom. The number of phenols is 1. The minimum atomic E-state index is -3.73. The van der Waals surface area contributed by atoms with Crippen LogP contribution in [-0.4, -0.2) is 72.1 Å². The molecule has 2 N–H and O–H groups in total. The van der Waals surface area contributed by atoms with Crippen molar-refractivity contribution >= 4 is 33.0 Å². The molecule has 1 aliphatic heterocycles. The molecule has 202 valence electrons. The maximum atomic E-state index is 13.5. The number of fused-ring (bicyclic) bond motifs is 1. The van der Waals surface area contributed by atoms with E-state index in [0.29, 0.717) is 30.7 Å². The highest BCUT2D eigenvalue weighted by Gasteiger charge is 2.24. The Balaban J connectivity index is 1.20. The lowest BCUT2D eigenvalue weighted by atomic mass is 10.1. The molecule has 0 saturated carbocycles. The van der Waals surface area contributed by atoms with Crippen molar-refractivity contribution in [2.75, 3.05) is 32.7 Å². The van der Waals surface area contributed by atoms with E-state index in [1.54, 1.807) is 54.7 Å². The number of hydrogen-bond acceptors (Lipinski definition) is 7. The molecule has 39 heavy (non-hydrogen) atoms. The molecule has 0 radical (unpaired) electrons. The fourth-order valence-corrected chi connectivity index (χ4v) is 6.13. The molecule has 4 aromatic rings. The Morgan fingerprint density at radius 1 is 0.974 bits per heavy atom. The molecule has 0 bridgehead atoms. The summed E-state index contributed by atoms with van der Waals surface area (Å²) in [7, 11) is -3.73. The summed E-state index contributed by atoms with van der Waals surface area (Å²) < 4.78 is 28.3. The van der Waals surface area contributed by atoms with Crippen molar-refractivity contribution in [2.24, 2.45) is 5.10 Å². The Morgan fingerprint density at radius 3 is 2.44 bits per heavy atom. The number of para-hydroxylation sites is 1. The van der Waals surface area contributed by atoms with Gasteiger partial charge in [0.15, 0.2) is 0 Å². The largest absolute Gasteiger partial charge is 0.508 e. The van der Waals surface area contributed by atoms with E-state index in [0.717, 1.165) is 29.6 Å². The quantitative estimate of drug-likeness (QED) is 0.260. The molecular weight excluding hydrogens is 514 g/mol. The Labute approximate surface area is 228 Å². The van der Waals surface area contributed by atoms with Crippen LogP contribution in [-0.2, 0) is 21.4 Å². The number of nitrogens with one attached hydrogen (secondary N) is 1. The number of piperazine rings is 1. The molecule has 1 aliphatic rings. The van der Waals surface area contributed by atoms with Gasteiger partial charge in [-0.1, -0.05) is 48.0 Å². The number of benzene rings is 3. The Bertz CT molecular complexity index is 1600. The molecule has 0 spiro atoms. The first-order valence-corrected chi connectivity index (χ1v) is 14.2. The summed E-state index contributed by atoms with van der Waals surface area (Å²) in [4.78, 5) is 16.9. The molecular formula is C29H31N5O4S. The minimum absolute atomic E-state index is 0.139. The number of hydrazone groups is 1. The summed E-state index contributed by atoms with van der Waals surface area (Å²) in [5.41, 5.74) is 5.85. The van der Waals surface area contributed by atoms with Gasteiger partial charge in [0.1, 0.15) is 5.75 Å². The molecule has 10 heteroatoms. The summed E-state index contributed by atoms with van der Waals surface area (Å²) in [6, 6.07) is 21.1. The van der Waals surface area contributed by atoms with Gasteiger partial charge in [-0.05, 0) is 48.4 Å². The predicted octanol–water partition coefficient (Wildman–Crippen LogP) is 3.16. The summed E-state index contributed by atoms with van der Waals surface area (Å²) >= 11 is 0. The van der Waals surface area contributed by atoms with Crippen molar-refractivity contribution in [1.29, 1.82) is 0 Å². The number of aromatic nitrogens is 1. The van der Waals surface area contributed by atoms with Crippen molar-refractivity contribution in [2.45, 2.75) is 18.4 Å². The van der Waals surface area contributed by atoms with Gasteiger partial charge in [-0.3, -0.25) is 14.6 Å². The number of aryl methyl sites for hydroxylation is 1. The maximum Gasteiger partial charge on any atom is 0.268 e. The third-order valence-electron chi connectivity index (χ3n) is 6.84. The fraction of sp³-hybridized carbons (Fsp3) is 0.241. The highest BCUT2D eigenvalue weighted by molar-refractivity contribution is 7.90. The van der Waals surface area contributed by atoms with Crippen LogP contribution in [0.2, 0.25) is 0 Å². The van der Waals surface area contributed by atoms with Crippen LogP contribution in [0, 0.1) is 6.92 Å². The number of hydrogen-bond donors (Lipinski definition) is 2. The lowest BCUT2D eigenvalue weighted by molar-refractivity contribution is -0.122. The normalized spacial score (nSPS) is 15.2. The van der Waals surface area contributed by atoms with Crippen molar-refractivity contribution in [3.8, 4) is 5.75 Å². The molecule has 0 aliphatic carbocycles. The van der Waals surface area contributed by atoms with Crippen molar-refractivity contribution < 1.29 is 18.3 Å². The SMILES string of the molecule is Cc1ccc(S(=O)(=O)n2cc(CN3CCN(CC(=O)N/N=C\c4cccc(O)c4)CC3)c3ccccc32)cc1. The van der Waals surface area contributed by atoms with Crippen LogP contribution in [0.3, 0.4) is 0 Å². The van der Waals surface area contributed by atoms with Crippen molar-refractivity contribution in [3.63, 3.8) is 0 Å². The van der Waals surface area contributed by atoms with Gasteiger partial charge in [-0.25, -0.2) is 17.8 Å². The first-order chi connectivity index (χ1) is 18.8. The molecule has 1 aromatic heterocycles. The van der Waals surface area contributed by atoms with Gasteiger partial charge in [0.2, 0.25) is 0 Å². The number of nitrogens with zero attached hydrogens (tertiary/aromatic N) is 4. The van der Waals surface area contributed by atoms with Gasteiger partial charge < -0.3 is 5.11 Å². The maximum absolute atomic E-state index is 13.5. The number of carbonyl (C=O) groups excluding carboxylic acids is 1. The molecule has 1 fully saturated rings. The molecule has 0 atom stereocenters. The van der Waals surface area contributed by atoms with E-state index in [4.69, 9.17) is 0 Å². The van der Waals surface area contributed by atoms with E-state index in [9.17, 15) is 18.3 Å². The smallest absolute Gasteiger partial charge is 0.268 e. The zero-order chi connectivity index (χ0) is 27.4. The standard InChI is InChI=1S/C29H31N5O4S/c1-22-9-11-26(12-10-22)39(37,38)34-20-24(27-7-2-3-8-28(27)34)19-32-13-15-33(16-14-32)21-29(36)31-30-18-23-5-4-6-25(35)17-23/h2-12,17-18,20,35H,13-16,19,21H2,1H3,(H,31,36)/b30-18-. The molecule has 3 aromatic carbocycles. The third kappa shape index (κ3) is 6.19. The van der Waals surface area contributed by atoms with Crippen LogP contribution in [0.25, 0.3) is 10.9 Å². The molecule has 9 nitrogen and oxygen atoms in total. The Kier molecular flexibility index (Phi) is 7.78. The molecule has 5 rings (SSSR count). The molecule has 1 amide bonds. The van der Waals surface area contributed by atoms with E-state index in [1.807, 2.05) is 31.2 Å².